The van der Waals surface area contributed by atoms with Crippen molar-refractivity contribution in [3.63, 3.8) is 0 Å². The lowest BCUT2D eigenvalue weighted by Crippen LogP contribution is -2.19. The Balaban J connectivity index is 2.02. The molecule has 2 N–H and O–H groups in total. The van der Waals surface area contributed by atoms with Crippen LogP contribution in [0.4, 0.5) is 10.1 Å². The largest absolute Gasteiger partial charge is 0.478 e. The van der Waals surface area contributed by atoms with Crippen LogP contribution < -0.4 is 4.72 Å². The number of rotatable bonds is 7. The number of hydrogen-bond donors (Lipinski definition) is 2. The van der Waals surface area contributed by atoms with Gasteiger partial charge in [-0.3, -0.25) is 4.72 Å². The third-order valence-corrected chi connectivity index (χ3v) is 6.46. The number of sulfonamides is 1. The number of benzene rings is 2. The van der Waals surface area contributed by atoms with Gasteiger partial charge in [0.25, 0.3) is 10.0 Å². The Morgan fingerprint density at radius 3 is 2.63 bits per heavy atom. The summed E-state index contributed by atoms with van der Waals surface area (Å²) in [4.78, 5) is 13.7. The standard InChI is InChI=1S/C22H25FN2O4S/c1-25(2)13-5-7-16-14-17(23)10-12-20(16)30(28,29)24-19-11-9-15-6-3-4-8-18(15)21(19)22(26)27/h5,7,9-12,14,24H,3-4,6,8,13H2,1-2H3,(H,26,27)/b7-5-. The smallest absolute Gasteiger partial charge is 0.338 e. The first-order valence-electron chi connectivity index (χ1n) is 9.71. The summed E-state index contributed by atoms with van der Waals surface area (Å²) in [7, 11) is -0.419. The van der Waals surface area contributed by atoms with Crippen LogP contribution in [0.3, 0.4) is 0 Å². The molecule has 0 spiro atoms. The number of anilines is 1. The highest BCUT2D eigenvalue weighted by molar-refractivity contribution is 7.92. The maximum absolute atomic E-state index is 13.8. The van der Waals surface area contributed by atoms with E-state index < -0.39 is 21.8 Å². The predicted octanol–water partition coefficient (Wildman–Crippen LogP) is 3.78. The Kier molecular flexibility index (Phi) is 6.58. The van der Waals surface area contributed by atoms with E-state index in [1.54, 1.807) is 18.2 Å². The van der Waals surface area contributed by atoms with Crippen molar-refractivity contribution >= 4 is 27.8 Å². The highest BCUT2D eigenvalue weighted by atomic mass is 32.2. The minimum absolute atomic E-state index is 0.0115. The molecule has 8 heteroatoms. The summed E-state index contributed by atoms with van der Waals surface area (Å²) in [6, 6.07) is 6.68. The number of likely N-dealkylation sites (N-methyl/N-ethyl adjacent to an activating group) is 1. The van der Waals surface area contributed by atoms with Gasteiger partial charge >= 0.3 is 5.97 Å². The normalized spacial score (nSPS) is 14.1. The molecule has 0 bridgehead atoms. The maximum Gasteiger partial charge on any atom is 0.338 e. The van der Waals surface area contributed by atoms with Crippen molar-refractivity contribution in [2.45, 2.75) is 30.6 Å². The molecular formula is C22H25FN2O4S. The van der Waals surface area contributed by atoms with Gasteiger partial charge in [0.1, 0.15) is 5.82 Å². The monoisotopic (exact) mass is 432 g/mol. The topological polar surface area (TPSA) is 86.7 Å². The molecule has 1 aliphatic rings. The van der Waals surface area contributed by atoms with E-state index in [-0.39, 0.29) is 21.7 Å². The van der Waals surface area contributed by atoms with Gasteiger partial charge in [-0.05, 0) is 80.7 Å². The zero-order valence-electron chi connectivity index (χ0n) is 17.0. The molecule has 6 nitrogen and oxygen atoms in total. The van der Waals surface area contributed by atoms with Gasteiger partial charge in [-0.2, -0.15) is 0 Å². The number of nitrogens with one attached hydrogen (secondary N) is 1. The van der Waals surface area contributed by atoms with Gasteiger partial charge < -0.3 is 10.0 Å². The summed E-state index contributed by atoms with van der Waals surface area (Å²) in [5, 5.41) is 9.75. The van der Waals surface area contributed by atoms with Crippen molar-refractivity contribution in [1.29, 1.82) is 0 Å². The van der Waals surface area contributed by atoms with E-state index in [1.165, 1.54) is 12.1 Å². The molecule has 0 heterocycles. The Morgan fingerprint density at radius 2 is 1.93 bits per heavy atom. The van der Waals surface area contributed by atoms with Crippen LogP contribution in [0.1, 0.15) is 39.9 Å². The minimum Gasteiger partial charge on any atom is -0.478 e. The molecule has 0 amide bonds. The Morgan fingerprint density at radius 1 is 1.20 bits per heavy atom. The van der Waals surface area contributed by atoms with Gasteiger partial charge in [-0.1, -0.05) is 18.2 Å². The number of carbonyl (C=O) groups is 1. The molecule has 2 aromatic rings. The summed E-state index contributed by atoms with van der Waals surface area (Å²) >= 11 is 0. The van der Waals surface area contributed by atoms with Crippen molar-refractivity contribution in [3.05, 3.63) is 64.5 Å². The molecule has 0 fully saturated rings. The Hall–Kier alpha value is -2.71. The number of aryl methyl sites for hydroxylation is 1. The van der Waals surface area contributed by atoms with Crippen LogP contribution in [0.25, 0.3) is 6.08 Å². The van der Waals surface area contributed by atoms with Crippen LogP contribution >= 0.6 is 0 Å². The Bertz CT molecular complexity index is 1090. The van der Waals surface area contributed by atoms with Gasteiger partial charge in [0, 0.05) is 6.54 Å². The van der Waals surface area contributed by atoms with E-state index in [0.29, 0.717) is 18.5 Å². The quantitative estimate of drug-likeness (QED) is 0.695. The van der Waals surface area contributed by atoms with E-state index in [9.17, 15) is 22.7 Å². The van der Waals surface area contributed by atoms with Gasteiger partial charge in [0.15, 0.2) is 0 Å². The average Bonchev–Trinajstić information content (AvgIpc) is 2.66. The van der Waals surface area contributed by atoms with E-state index in [0.717, 1.165) is 37.0 Å². The zero-order chi connectivity index (χ0) is 21.9. The molecule has 2 aromatic carbocycles. The molecule has 0 aliphatic heterocycles. The Labute approximate surface area is 176 Å². The predicted molar refractivity (Wildman–Crippen MR) is 115 cm³/mol. The van der Waals surface area contributed by atoms with Gasteiger partial charge in [0.2, 0.25) is 0 Å². The maximum atomic E-state index is 13.8. The fourth-order valence-corrected chi connectivity index (χ4v) is 4.90. The van der Waals surface area contributed by atoms with E-state index in [4.69, 9.17) is 0 Å². The molecule has 160 valence electrons. The number of hydrogen-bond acceptors (Lipinski definition) is 4. The van der Waals surface area contributed by atoms with Gasteiger partial charge in [-0.25, -0.2) is 17.6 Å². The van der Waals surface area contributed by atoms with Crippen LogP contribution in [0.5, 0.6) is 0 Å². The molecule has 0 atom stereocenters. The van der Waals surface area contributed by atoms with Crippen molar-refractivity contribution in [1.82, 2.24) is 4.90 Å². The van der Waals surface area contributed by atoms with Gasteiger partial charge in [-0.15, -0.1) is 0 Å². The summed E-state index contributed by atoms with van der Waals surface area (Å²) in [6.45, 7) is 0.553. The third kappa shape index (κ3) is 4.88. The van der Waals surface area contributed by atoms with Crippen LogP contribution in [-0.4, -0.2) is 45.0 Å². The summed E-state index contributed by atoms with van der Waals surface area (Å²) in [5.41, 5.74) is 1.83. The highest BCUT2D eigenvalue weighted by Gasteiger charge is 2.25. The van der Waals surface area contributed by atoms with Crippen molar-refractivity contribution in [2.24, 2.45) is 0 Å². The molecular weight excluding hydrogens is 407 g/mol. The molecule has 0 aromatic heterocycles. The lowest BCUT2D eigenvalue weighted by Gasteiger charge is -2.21. The lowest BCUT2D eigenvalue weighted by molar-refractivity contribution is 0.0696. The lowest BCUT2D eigenvalue weighted by atomic mass is 9.87. The first-order valence-corrected chi connectivity index (χ1v) is 11.2. The molecule has 0 unspecified atom stereocenters. The summed E-state index contributed by atoms with van der Waals surface area (Å²) in [5.74, 6) is -1.73. The van der Waals surface area contributed by atoms with Crippen molar-refractivity contribution in [2.75, 3.05) is 25.4 Å². The molecule has 3 rings (SSSR count). The highest BCUT2D eigenvalue weighted by Crippen LogP contribution is 2.32. The van der Waals surface area contributed by atoms with Gasteiger partial charge in [0.05, 0.1) is 16.1 Å². The van der Waals surface area contributed by atoms with Crippen LogP contribution in [0, 0.1) is 5.82 Å². The molecule has 0 saturated carbocycles. The zero-order valence-corrected chi connectivity index (χ0v) is 17.8. The van der Waals surface area contributed by atoms with Crippen molar-refractivity contribution in [3.8, 4) is 0 Å². The fraction of sp³-hybridized carbons (Fsp3) is 0.318. The minimum atomic E-state index is -4.14. The number of fused-ring (bicyclic) bond motifs is 1. The molecule has 0 saturated heterocycles. The number of carboxylic acid groups (broad SMARTS) is 1. The van der Waals surface area contributed by atoms with Crippen LogP contribution in [-0.2, 0) is 22.9 Å². The molecule has 1 aliphatic carbocycles. The first kappa shape index (κ1) is 22.0. The van der Waals surface area contributed by atoms with Crippen LogP contribution in [0.2, 0.25) is 0 Å². The summed E-state index contributed by atoms with van der Waals surface area (Å²) in [6.07, 6.45) is 6.50. The molecule has 0 radical (unpaired) electrons. The number of carboxylic acids is 1. The van der Waals surface area contributed by atoms with E-state index in [1.807, 2.05) is 19.0 Å². The van der Waals surface area contributed by atoms with E-state index >= 15 is 0 Å². The number of halogens is 1. The first-order chi connectivity index (χ1) is 14.2. The molecule has 30 heavy (non-hydrogen) atoms. The second-order valence-electron chi connectivity index (χ2n) is 7.59. The second kappa shape index (κ2) is 8.97. The second-order valence-corrected chi connectivity index (χ2v) is 9.24. The summed E-state index contributed by atoms with van der Waals surface area (Å²) < 4.78 is 42.4. The SMILES string of the molecule is CN(C)C/C=C\c1cc(F)ccc1S(=O)(=O)Nc1ccc2c(c1C(=O)O)CCCC2. The number of nitrogens with zero attached hydrogens (tertiary/aromatic N) is 1. The average molecular weight is 433 g/mol. The van der Waals surface area contributed by atoms with Crippen molar-refractivity contribution < 1.29 is 22.7 Å². The number of aromatic carboxylic acids is 1. The van der Waals surface area contributed by atoms with E-state index in [2.05, 4.69) is 4.72 Å². The third-order valence-electron chi connectivity index (χ3n) is 5.02. The fourth-order valence-electron chi connectivity index (χ4n) is 3.64. The van der Waals surface area contributed by atoms with Crippen LogP contribution in [0.15, 0.2) is 41.3 Å².